The molecule has 1 fully saturated rings. The maximum absolute atomic E-state index is 13.7. The highest BCUT2D eigenvalue weighted by Crippen LogP contribution is 2.45. The third-order valence-corrected chi connectivity index (χ3v) is 8.47. The number of aromatic hydroxyl groups is 1. The fraction of sp³-hybridized carbons (Fsp3) is 0.200. The van der Waals surface area contributed by atoms with E-state index in [2.05, 4.69) is 11.6 Å². The van der Waals surface area contributed by atoms with Gasteiger partial charge >= 0.3 is 11.9 Å². The molecule has 1 aliphatic rings. The van der Waals surface area contributed by atoms with Crippen LogP contribution in [0.25, 0.3) is 5.76 Å². The Labute approximate surface area is 269 Å². The number of aliphatic hydroxyl groups is 1. The zero-order valence-electron chi connectivity index (χ0n) is 25.5. The van der Waals surface area contributed by atoms with Crippen molar-refractivity contribution in [1.29, 1.82) is 0 Å². The number of amides is 1. The molecule has 4 aromatic rings. The number of ketones is 1. The number of aliphatic hydroxyl groups excluding tert-OH is 1. The molecule has 1 atom stereocenters. The molecule has 0 radical (unpaired) electrons. The van der Waals surface area contributed by atoms with Crippen LogP contribution < -0.4 is 14.4 Å². The highest BCUT2D eigenvalue weighted by atomic mass is 32.1. The highest BCUT2D eigenvalue weighted by molar-refractivity contribution is 7.17. The van der Waals surface area contributed by atoms with E-state index in [1.165, 1.54) is 24.3 Å². The molecular formula is C35H32N2O8S. The molecule has 46 heavy (non-hydrogen) atoms. The number of rotatable bonds is 11. The Morgan fingerprint density at radius 1 is 1.07 bits per heavy atom. The van der Waals surface area contributed by atoms with E-state index in [9.17, 15) is 24.6 Å². The SMILES string of the molecule is C=CCOC(=O)c1sc(N2C(=O)C(=O)/C(=C(/O)c3ccc(OCc4ccccc4C)cc3)C2c2ccc(O)c(OCC)c2)nc1C. The van der Waals surface area contributed by atoms with Crippen LogP contribution in [-0.2, 0) is 20.9 Å². The Balaban J connectivity index is 1.56. The number of benzene rings is 3. The number of carbonyl (C=O) groups excluding carboxylic acids is 3. The first kappa shape index (κ1) is 32.0. The van der Waals surface area contributed by atoms with E-state index in [-0.39, 0.29) is 45.9 Å². The molecule has 3 aromatic carbocycles. The molecule has 0 spiro atoms. The molecular weight excluding hydrogens is 608 g/mol. The van der Waals surface area contributed by atoms with Crippen molar-refractivity contribution >= 4 is 39.9 Å². The van der Waals surface area contributed by atoms with Crippen molar-refractivity contribution in [3.63, 3.8) is 0 Å². The van der Waals surface area contributed by atoms with Gasteiger partial charge in [-0.15, -0.1) is 0 Å². The van der Waals surface area contributed by atoms with E-state index in [1.54, 1.807) is 38.1 Å². The van der Waals surface area contributed by atoms with Crippen molar-refractivity contribution in [2.24, 2.45) is 0 Å². The van der Waals surface area contributed by atoms with Crippen molar-refractivity contribution < 1.29 is 38.8 Å². The highest BCUT2D eigenvalue weighted by Gasteiger charge is 2.48. The zero-order chi connectivity index (χ0) is 33.0. The summed E-state index contributed by atoms with van der Waals surface area (Å²) in [6.07, 6.45) is 1.43. The Kier molecular flexibility index (Phi) is 9.53. The molecule has 0 saturated carbocycles. The predicted octanol–water partition coefficient (Wildman–Crippen LogP) is 6.41. The number of hydrogen-bond donors (Lipinski definition) is 2. The van der Waals surface area contributed by atoms with Gasteiger partial charge in [0.25, 0.3) is 5.78 Å². The molecule has 0 aliphatic carbocycles. The van der Waals surface area contributed by atoms with E-state index >= 15 is 0 Å². The van der Waals surface area contributed by atoms with Gasteiger partial charge in [-0.2, -0.15) is 0 Å². The molecule has 1 amide bonds. The van der Waals surface area contributed by atoms with Gasteiger partial charge < -0.3 is 24.4 Å². The number of nitrogens with zero attached hydrogens (tertiary/aromatic N) is 2. The van der Waals surface area contributed by atoms with E-state index in [1.807, 2.05) is 31.2 Å². The van der Waals surface area contributed by atoms with Crippen LogP contribution in [0.4, 0.5) is 5.13 Å². The molecule has 236 valence electrons. The lowest BCUT2D eigenvalue weighted by Crippen LogP contribution is -2.29. The average Bonchev–Trinajstić information content (AvgIpc) is 3.56. The summed E-state index contributed by atoms with van der Waals surface area (Å²) in [5, 5.41) is 22.0. The fourth-order valence-corrected chi connectivity index (χ4v) is 5.98. The van der Waals surface area contributed by atoms with Gasteiger partial charge in [0.15, 0.2) is 16.6 Å². The van der Waals surface area contributed by atoms with Gasteiger partial charge in [-0.25, -0.2) is 9.78 Å². The molecule has 11 heteroatoms. The molecule has 10 nitrogen and oxygen atoms in total. The number of hydrogen-bond acceptors (Lipinski definition) is 10. The van der Waals surface area contributed by atoms with Crippen molar-refractivity contribution in [3.05, 3.63) is 118 Å². The van der Waals surface area contributed by atoms with Crippen LogP contribution in [0.5, 0.6) is 17.2 Å². The molecule has 0 bridgehead atoms. The summed E-state index contributed by atoms with van der Waals surface area (Å²) in [7, 11) is 0. The van der Waals surface area contributed by atoms with Gasteiger partial charge in [0.05, 0.1) is 23.9 Å². The van der Waals surface area contributed by atoms with Gasteiger partial charge in [-0.1, -0.05) is 54.3 Å². The van der Waals surface area contributed by atoms with Crippen LogP contribution >= 0.6 is 11.3 Å². The Morgan fingerprint density at radius 2 is 1.80 bits per heavy atom. The molecule has 2 N–H and O–H groups in total. The Bertz CT molecular complexity index is 1840. The maximum Gasteiger partial charge on any atom is 0.350 e. The summed E-state index contributed by atoms with van der Waals surface area (Å²) in [4.78, 5) is 45.7. The topological polar surface area (TPSA) is 135 Å². The second-order valence-electron chi connectivity index (χ2n) is 10.4. The minimum atomic E-state index is -1.17. The first-order valence-corrected chi connectivity index (χ1v) is 15.3. The van der Waals surface area contributed by atoms with Crippen molar-refractivity contribution in [2.75, 3.05) is 18.1 Å². The standard InChI is InChI=1S/C35H32N2O8S/c1-5-17-44-34(42)32-21(4)36-35(46-32)37-29(23-13-16-26(38)27(18-23)43-6-2)28(31(40)33(37)41)30(39)22-11-14-25(15-12-22)45-19-24-10-8-7-9-20(24)3/h5,7-16,18,29,38-39H,1,6,17,19H2,2-4H3/b30-28+. The lowest BCUT2D eigenvalue weighted by Gasteiger charge is -2.23. The van der Waals surface area contributed by atoms with E-state index in [0.29, 0.717) is 23.6 Å². The summed E-state index contributed by atoms with van der Waals surface area (Å²) >= 11 is 0.885. The van der Waals surface area contributed by atoms with Gasteiger partial charge in [0.1, 0.15) is 29.6 Å². The van der Waals surface area contributed by atoms with E-state index < -0.39 is 29.5 Å². The Morgan fingerprint density at radius 3 is 2.50 bits per heavy atom. The summed E-state index contributed by atoms with van der Waals surface area (Å²) in [5.41, 5.74) is 2.87. The number of thiazole rings is 1. The van der Waals surface area contributed by atoms with Crippen LogP contribution in [0.3, 0.4) is 0 Å². The van der Waals surface area contributed by atoms with Gasteiger partial charge in [-0.05, 0) is 73.9 Å². The summed E-state index contributed by atoms with van der Waals surface area (Å²) in [6, 6.07) is 17.6. The van der Waals surface area contributed by atoms with E-state index in [0.717, 1.165) is 27.4 Å². The third-order valence-electron chi connectivity index (χ3n) is 7.34. The second kappa shape index (κ2) is 13.7. The van der Waals surface area contributed by atoms with Crippen LogP contribution in [0.1, 0.15) is 50.6 Å². The molecule has 2 heterocycles. The number of esters is 1. The first-order chi connectivity index (χ1) is 22.1. The lowest BCUT2D eigenvalue weighted by atomic mass is 9.95. The van der Waals surface area contributed by atoms with Gasteiger partial charge in [-0.3, -0.25) is 14.5 Å². The monoisotopic (exact) mass is 640 g/mol. The number of phenols is 1. The van der Waals surface area contributed by atoms with Crippen molar-refractivity contribution in [1.82, 2.24) is 4.98 Å². The summed E-state index contributed by atoms with van der Waals surface area (Å²) in [6.45, 7) is 9.46. The van der Waals surface area contributed by atoms with Crippen LogP contribution in [-0.4, -0.2) is 46.1 Å². The molecule has 1 unspecified atom stereocenters. The minimum absolute atomic E-state index is 0.0144. The number of aryl methyl sites for hydroxylation is 2. The lowest BCUT2D eigenvalue weighted by molar-refractivity contribution is -0.132. The minimum Gasteiger partial charge on any atom is -0.507 e. The van der Waals surface area contributed by atoms with Crippen molar-refractivity contribution in [3.8, 4) is 17.2 Å². The van der Waals surface area contributed by atoms with Gasteiger partial charge in [0, 0.05) is 5.56 Å². The van der Waals surface area contributed by atoms with Crippen molar-refractivity contribution in [2.45, 2.75) is 33.4 Å². The normalized spacial score (nSPS) is 15.5. The largest absolute Gasteiger partial charge is 0.507 e. The number of phenolic OH excluding ortho intramolecular Hbond substituents is 1. The number of anilines is 1. The Hall–Kier alpha value is -5.42. The number of aromatic nitrogens is 1. The smallest absolute Gasteiger partial charge is 0.350 e. The average molecular weight is 641 g/mol. The molecule has 5 rings (SSSR count). The van der Waals surface area contributed by atoms with Gasteiger partial charge in [0.2, 0.25) is 0 Å². The molecule has 1 aromatic heterocycles. The second-order valence-corrected chi connectivity index (χ2v) is 11.3. The maximum atomic E-state index is 13.7. The summed E-state index contributed by atoms with van der Waals surface area (Å²) < 4.78 is 16.7. The predicted molar refractivity (Wildman–Crippen MR) is 173 cm³/mol. The number of Topliss-reactive ketones (excluding diaryl/α,β-unsaturated/α-hetero) is 1. The number of carbonyl (C=O) groups is 3. The number of ether oxygens (including phenoxy) is 3. The van der Waals surface area contributed by atoms with Crippen LogP contribution in [0, 0.1) is 13.8 Å². The van der Waals surface area contributed by atoms with Crippen LogP contribution in [0.15, 0.2) is 85.0 Å². The van der Waals surface area contributed by atoms with Crippen LogP contribution in [0.2, 0.25) is 0 Å². The quantitative estimate of drug-likeness (QED) is 0.0627. The first-order valence-electron chi connectivity index (χ1n) is 14.4. The molecule has 1 aliphatic heterocycles. The fourth-order valence-electron chi connectivity index (χ4n) is 4.99. The molecule has 1 saturated heterocycles. The zero-order valence-corrected chi connectivity index (χ0v) is 26.3. The summed E-state index contributed by atoms with van der Waals surface area (Å²) in [5.74, 6) is -2.42. The third kappa shape index (κ3) is 6.36. The van der Waals surface area contributed by atoms with E-state index in [4.69, 9.17) is 14.2 Å².